The number of hydrazine groups is 2. The van der Waals surface area contributed by atoms with Gasteiger partial charge in [0.1, 0.15) is 12.1 Å². The normalized spacial score (nSPS) is 30.2. The minimum atomic E-state index is -0.724. The molecule has 3 heterocycles. The maximum atomic E-state index is 14.4. The van der Waals surface area contributed by atoms with Crippen LogP contribution in [0.3, 0.4) is 0 Å². The Hall–Kier alpha value is -1.79. The van der Waals surface area contributed by atoms with Crippen LogP contribution in [0.1, 0.15) is 85.0 Å². The number of hydrogen-bond acceptors (Lipinski definition) is 8. The van der Waals surface area contributed by atoms with Crippen molar-refractivity contribution in [1.82, 2.24) is 31.1 Å². The van der Waals surface area contributed by atoms with Gasteiger partial charge in [-0.1, -0.05) is 52.9 Å². The van der Waals surface area contributed by atoms with Crippen molar-refractivity contribution in [3.05, 3.63) is 0 Å². The number of likely N-dealkylation sites (N-methyl/N-ethyl adjacent to an activating group) is 1. The lowest BCUT2D eigenvalue weighted by molar-refractivity contribution is -0.152. The second kappa shape index (κ2) is 12.4. The molecule has 222 valence electrons. The molecular weight excluding hydrogens is 500 g/mol. The van der Waals surface area contributed by atoms with E-state index in [0.717, 1.165) is 58.2 Å². The van der Waals surface area contributed by atoms with Crippen molar-refractivity contribution in [2.24, 2.45) is 11.3 Å². The first kappa shape index (κ1) is 30.2. The smallest absolute Gasteiger partial charge is 0.306 e. The number of amides is 2. The Labute approximate surface area is 233 Å². The Kier molecular flexibility index (Phi) is 9.58. The number of piperidine rings is 1. The fourth-order valence-electron chi connectivity index (χ4n) is 7.32. The zero-order valence-corrected chi connectivity index (χ0v) is 24.2. The van der Waals surface area contributed by atoms with Crippen LogP contribution in [0.25, 0.3) is 0 Å². The van der Waals surface area contributed by atoms with Crippen molar-refractivity contribution < 1.29 is 24.6 Å². The molecule has 4 rings (SSSR count). The van der Waals surface area contributed by atoms with Crippen LogP contribution < -0.4 is 16.3 Å². The van der Waals surface area contributed by atoms with Gasteiger partial charge < -0.3 is 25.3 Å². The summed E-state index contributed by atoms with van der Waals surface area (Å²) in [5, 5.41) is 24.7. The molecule has 4 fully saturated rings. The van der Waals surface area contributed by atoms with E-state index >= 15 is 0 Å². The summed E-state index contributed by atoms with van der Waals surface area (Å²) in [6.07, 6.45) is 8.45. The number of carboxylic acids is 1. The summed E-state index contributed by atoms with van der Waals surface area (Å²) in [5.74, 6) is -1.35. The van der Waals surface area contributed by atoms with Gasteiger partial charge in [0.05, 0.1) is 23.6 Å². The molecule has 39 heavy (non-hydrogen) atoms. The van der Waals surface area contributed by atoms with Gasteiger partial charge in [-0.2, -0.15) is 5.53 Å². The van der Waals surface area contributed by atoms with E-state index in [0.29, 0.717) is 12.8 Å². The van der Waals surface area contributed by atoms with Crippen LogP contribution in [0.4, 0.5) is 0 Å². The number of carbonyl (C=O) groups excluding carboxylic acids is 2. The number of nitrogens with zero attached hydrogens (tertiary/aromatic N) is 3. The number of aliphatic hydroxyl groups is 1. The van der Waals surface area contributed by atoms with Gasteiger partial charge in [-0.15, -0.1) is 0 Å². The van der Waals surface area contributed by atoms with Crippen LogP contribution in [0, 0.1) is 11.3 Å². The fourth-order valence-corrected chi connectivity index (χ4v) is 7.32. The van der Waals surface area contributed by atoms with Crippen LogP contribution in [0.15, 0.2) is 0 Å². The van der Waals surface area contributed by atoms with Crippen molar-refractivity contribution in [3.8, 4) is 0 Å². The second-order valence-electron chi connectivity index (χ2n) is 13.2. The molecule has 11 heteroatoms. The van der Waals surface area contributed by atoms with Gasteiger partial charge >= 0.3 is 5.97 Å². The quantitative estimate of drug-likeness (QED) is 0.329. The number of carboxylic acid groups (broad SMARTS) is 1. The monoisotopic (exact) mass is 550 g/mol. The number of hydrogen-bond donors (Lipinski definition) is 5. The number of β-amino-alcohol motifs (C(OH)–C–C–N with tert-alkyl or cyclic N) is 1. The van der Waals surface area contributed by atoms with Gasteiger partial charge in [0.15, 0.2) is 0 Å². The number of rotatable bonds is 6. The Morgan fingerprint density at radius 2 is 1.67 bits per heavy atom. The van der Waals surface area contributed by atoms with Gasteiger partial charge in [0.2, 0.25) is 11.8 Å². The summed E-state index contributed by atoms with van der Waals surface area (Å²) in [6.45, 7) is 8.65. The summed E-state index contributed by atoms with van der Waals surface area (Å²) in [7, 11) is 1.57. The molecular formula is C28H50N6O5. The van der Waals surface area contributed by atoms with Crippen LogP contribution >= 0.6 is 0 Å². The van der Waals surface area contributed by atoms with E-state index in [4.69, 9.17) is 0 Å². The first-order valence-corrected chi connectivity index (χ1v) is 14.9. The minimum Gasteiger partial charge on any atom is -0.481 e. The Morgan fingerprint density at radius 3 is 2.23 bits per heavy atom. The van der Waals surface area contributed by atoms with E-state index in [9.17, 15) is 24.6 Å². The average Bonchev–Trinajstić information content (AvgIpc) is 3.42. The third kappa shape index (κ3) is 6.43. The van der Waals surface area contributed by atoms with Crippen LogP contribution in [0.5, 0.6) is 0 Å². The fraction of sp³-hybridized carbons (Fsp3) is 0.893. The standard InChI is InChI=1S/C28H50N6O5/c1-27(2,3)23(25(37)33-17-20(35)16-21(33)24(36)29-4)34-28(12-8-6-5-7-9-13-28)22(30-31-34)18-32-14-10-19(11-15-32)26(38)39/h19-23,30-31,35H,5-18H2,1-4H3,(H,29,36)(H,38,39)/t20-,21+,22?,23-/m1/s1. The minimum absolute atomic E-state index is 0.0635. The molecule has 2 amide bonds. The molecule has 4 aliphatic rings. The van der Waals surface area contributed by atoms with Crippen molar-refractivity contribution in [1.29, 1.82) is 0 Å². The SMILES string of the molecule is CNC(=O)[C@@H]1C[C@@H](O)CN1C(=O)[C@@H](N1NNC(CN2CCC(C(=O)O)CC2)C12CCCCCCC2)C(C)(C)C. The maximum Gasteiger partial charge on any atom is 0.306 e. The van der Waals surface area contributed by atoms with Crippen LogP contribution in [-0.4, -0.2) is 106 Å². The molecule has 1 spiro atoms. The third-order valence-electron chi connectivity index (χ3n) is 9.51. The van der Waals surface area contributed by atoms with E-state index < -0.39 is 29.6 Å². The second-order valence-corrected chi connectivity index (χ2v) is 13.2. The average molecular weight is 551 g/mol. The van der Waals surface area contributed by atoms with Crippen molar-refractivity contribution in [3.63, 3.8) is 0 Å². The zero-order chi connectivity index (χ0) is 28.4. The topological polar surface area (TPSA) is 137 Å². The third-order valence-corrected chi connectivity index (χ3v) is 9.51. The number of nitrogens with one attached hydrogen (secondary N) is 3. The summed E-state index contributed by atoms with van der Waals surface area (Å²) in [5.41, 5.74) is 6.28. The predicted molar refractivity (Wildman–Crippen MR) is 147 cm³/mol. The molecule has 0 aromatic heterocycles. The number of aliphatic hydroxyl groups excluding tert-OH is 1. The molecule has 4 atom stereocenters. The first-order valence-electron chi connectivity index (χ1n) is 14.9. The summed E-state index contributed by atoms with van der Waals surface area (Å²) in [6, 6.07) is -1.17. The summed E-state index contributed by atoms with van der Waals surface area (Å²) in [4.78, 5) is 42.5. The Balaban J connectivity index is 1.63. The summed E-state index contributed by atoms with van der Waals surface area (Å²) >= 11 is 0. The van der Waals surface area contributed by atoms with E-state index in [1.54, 1.807) is 11.9 Å². The van der Waals surface area contributed by atoms with E-state index in [-0.39, 0.29) is 42.3 Å². The molecule has 1 saturated carbocycles. The maximum absolute atomic E-state index is 14.4. The Morgan fingerprint density at radius 1 is 1.05 bits per heavy atom. The highest BCUT2D eigenvalue weighted by Crippen LogP contribution is 2.42. The lowest BCUT2D eigenvalue weighted by atomic mass is 9.74. The molecule has 1 aliphatic carbocycles. The largest absolute Gasteiger partial charge is 0.481 e. The molecule has 11 nitrogen and oxygen atoms in total. The van der Waals surface area contributed by atoms with E-state index in [1.165, 1.54) is 6.42 Å². The number of aliphatic carboxylic acids is 1. The van der Waals surface area contributed by atoms with Gasteiger partial charge in [-0.3, -0.25) is 14.4 Å². The van der Waals surface area contributed by atoms with Crippen LogP contribution in [-0.2, 0) is 14.4 Å². The highest BCUT2D eigenvalue weighted by atomic mass is 16.4. The van der Waals surface area contributed by atoms with Crippen LogP contribution in [0.2, 0.25) is 0 Å². The Bertz CT molecular complexity index is 878. The molecule has 0 bridgehead atoms. The molecule has 1 unspecified atom stereocenters. The lowest BCUT2D eigenvalue weighted by Gasteiger charge is -2.49. The van der Waals surface area contributed by atoms with E-state index in [1.807, 2.05) is 0 Å². The molecule has 3 saturated heterocycles. The number of carbonyl (C=O) groups is 3. The number of likely N-dealkylation sites (tertiary alicyclic amines) is 2. The molecule has 0 radical (unpaired) electrons. The highest BCUT2D eigenvalue weighted by molar-refractivity contribution is 5.91. The van der Waals surface area contributed by atoms with Crippen molar-refractivity contribution >= 4 is 17.8 Å². The van der Waals surface area contributed by atoms with E-state index in [2.05, 4.69) is 47.0 Å². The molecule has 3 aliphatic heterocycles. The van der Waals surface area contributed by atoms with Gasteiger partial charge in [0, 0.05) is 26.6 Å². The highest BCUT2D eigenvalue weighted by Gasteiger charge is 2.56. The molecule has 0 aromatic carbocycles. The lowest BCUT2D eigenvalue weighted by Crippen LogP contribution is -2.66. The van der Waals surface area contributed by atoms with Gasteiger partial charge in [-0.05, 0) is 44.2 Å². The van der Waals surface area contributed by atoms with Crippen molar-refractivity contribution in [2.45, 2.75) is 115 Å². The van der Waals surface area contributed by atoms with Gasteiger partial charge in [0.25, 0.3) is 0 Å². The molecule has 0 aromatic rings. The predicted octanol–water partition coefficient (Wildman–Crippen LogP) is 1.08. The molecule has 5 N–H and O–H groups in total. The summed E-state index contributed by atoms with van der Waals surface area (Å²) < 4.78 is 0. The van der Waals surface area contributed by atoms with Crippen molar-refractivity contribution in [2.75, 3.05) is 33.2 Å². The van der Waals surface area contributed by atoms with Gasteiger partial charge in [-0.25, -0.2) is 10.4 Å². The zero-order valence-electron chi connectivity index (χ0n) is 24.2. The first-order chi connectivity index (χ1) is 18.5.